The highest BCUT2D eigenvalue weighted by Gasteiger charge is 2.29. The molecule has 1 fully saturated rings. The lowest BCUT2D eigenvalue weighted by Crippen LogP contribution is -2.43. The van der Waals surface area contributed by atoms with Crippen molar-refractivity contribution in [2.45, 2.75) is 45.2 Å². The zero-order valence-corrected chi connectivity index (χ0v) is 14.0. The predicted molar refractivity (Wildman–Crippen MR) is 89.7 cm³/mol. The summed E-state index contributed by atoms with van der Waals surface area (Å²) < 4.78 is 0. The maximum Gasteiger partial charge on any atom is 0.227 e. The summed E-state index contributed by atoms with van der Waals surface area (Å²) in [6.07, 6.45) is 4.59. The second-order valence-electron chi connectivity index (χ2n) is 5.63. The minimum Gasteiger partial charge on any atom is -0.335 e. The molecule has 0 spiro atoms. The van der Waals surface area contributed by atoms with Gasteiger partial charge in [0.25, 0.3) is 0 Å². The van der Waals surface area contributed by atoms with Gasteiger partial charge in [0.05, 0.1) is 0 Å². The lowest BCUT2D eigenvalue weighted by Gasteiger charge is -2.31. The molecule has 1 saturated carbocycles. The number of hydrogen-bond donors (Lipinski definition) is 1. The lowest BCUT2D eigenvalue weighted by atomic mass is 10.1. The first-order valence-electron chi connectivity index (χ1n) is 7.37. The van der Waals surface area contributed by atoms with Crippen molar-refractivity contribution in [1.82, 2.24) is 4.90 Å². The molecular weight excluding hydrogens is 307 g/mol. The van der Waals surface area contributed by atoms with Gasteiger partial charge in [-0.25, -0.2) is 0 Å². The molecule has 0 bridgehead atoms. The van der Waals surface area contributed by atoms with E-state index in [4.69, 9.17) is 17.3 Å². The highest BCUT2D eigenvalue weighted by Crippen LogP contribution is 2.27. The summed E-state index contributed by atoms with van der Waals surface area (Å²) in [7, 11) is 0. The van der Waals surface area contributed by atoms with Gasteiger partial charge in [-0.1, -0.05) is 49.6 Å². The third-order valence-electron chi connectivity index (χ3n) is 4.12. The first-order chi connectivity index (χ1) is 9.63. The number of carbonyl (C=O) groups is 1. The summed E-state index contributed by atoms with van der Waals surface area (Å²) in [5.74, 6) is 0.0254. The summed E-state index contributed by atoms with van der Waals surface area (Å²) in [6.45, 7) is 2.88. The Morgan fingerprint density at radius 1 is 1.38 bits per heavy atom. The molecule has 1 unspecified atom stereocenters. The van der Waals surface area contributed by atoms with Crippen molar-refractivity contribution in [3.05, 3.63) is 34.9 Å². The number of amides is 1. The Balaban J connectivity index is 0.00000220. The van der Waals surface area contributed by atoms with Gasteiger partial charge in [0.2, 0.25) is 5.91 Å². The molecule has 1 aliphatic carbocycles. The van der Waals surface area contributed by atoms with Crippen LogP contribution in [0.3, 0.4) is 0 Å². The van der Waals surface area contributed by atoms with Crippen LogP contribution in [-0.2, 0) is 11.3 Å². The smallest absolute Gasteiger partial charge is 0.227 e. The number of halogens is 2. The molecule has 1 atom stereocenters. The molecule has 0 heterocycles. The molecule has 0 saturated heterocycles. The van der Waals surface area contributed by atoms with E-state index in [2.05, 4.69) is 0 Å². The van der Waals surface area contributed by atoms with E-state index in [-0.39, 0.29) is 24.2 Å². The van der Waals surface area contributed by atoms with Crippen molar-refractivity contribution in [1.29, 1.82) is 0 Å². The minimum absolute atomic E-state index is 0. The topological polar surface area (TPSA) is 46.3 Å². The molecule has 1 amide bonds. The predicted octanol–water partition coefficient (Wildman–Crippen LogP) is 3.63. The summed E-state index contributed by atoms with van der Waals surface area (Å²) in [5.41, 5.74) is 6.67. The molecule has 21 heavy (non-hydrogen) atoms. The Morgan fingerprint density at radius 3 is 2.57 bits per heavy atom. The number of nitrogens with two attached hydrogens (primary N) is 1. The zero-order valence-electron chi connectivity index (χ0n) is 12.4. The fourth-order valence-electron chi connectivity index (χ4n) is 2.80. The molecule has 2 N–H and O–H groups in total. The molecule has 0 aromatic heterocycles. The Bertz CT molecular complexity index is 461. The number of nitrogens with zero attached hydrogens (tertiary/aromatic N) is 1. The SMILES string of the molecule is CC(CN)C(=O)N(Cc1ccccc1Cl)C1CCCC1.Cl. The van der Waals surface area contributed by atoms with Crippen molar-refractivity contribution >= 4 is 29.9 Å². The van der Waals surface area contributed by atoms with E-state index >= 15 is 0 Å². The van der Waals surface area contributed by atoms with Crippen LogP contribution in [0.5, 0.6) is 0 Å². The van der Waals surface area contributed by atoms with Gasteiger partial charge in [0.1, 0.15) is 0 Å². The van der Waals surface area contributed by atoms with Gasteiger partial charge in [-0.15, -0.1) is 12.4 Å². The molecule has 118 valence electrons. The van der Waals surface area contributed by atoms with E-state index in [9.17, 15) is 4.79 Å². The van der Waals surface area contributed by atoms with Gasteiger partial charge in [0.15, 0.2) is 0 Å². The standard InChI is InChI=1S/C16H23ClN2O.ClH/c1-12(10-18)16(20)19(14-7-3-4-8-14)11-13-6-2-5-9-15(13)17;/h2,5-6,9,12,14H,3-4,7-8,10-11,18H2,1H3;1H. The molecule has 3 nitrogen and oxygen atoms in total. The lowest BCUT2D eigenvalue weighted by molar-refractivity contribution is -0.137. The maximum absolute atomic E-state index is 12.6. The molecular formula is C16H24Cl2N2O. The third-order valence-corrected chi connectivity index (χ3v) is 4.49. The van der Waals surface area contributed by atoms with Crippen molar-refractivity contribution < 1.29 is 4.79 Å². The molecule has 1 aromatic carbocycles. The van der Waals surface area contributed by atoms with Crippen molar-refractivity contribution in [3.8, 4) is 0 Å². The molecule has 2 rings (SSSR count). The van der Waals surface area contributed by atoms with E-state index < -0.39 is 0 Å². The average Bonchev–Trinajstić information content (AvgIpc) is 2.99. The summed E-state index contributed by atoms with van der Waals surface area (Å²) in [5, 5.41) is 0.726. The van der Waals surface area contributed by atoms with Crippen LogP contribution in [0.1, 0.15) is 38.2 Å². The highest BCUT2D eigenvalue weighted by molar-refractivity contribution is 6.31. The molecule has 0 aliphatic heterocycles. The Kier molecular flexibility index (Phi) is 7.50. The third kappa shape index (κ3) is 4.60. The molecule has 5 heteroatoms. The van der Waals surface area contributed by atoms with Crippen molar-refractivity contribution in [2.75, 3.05) is 6.54 Å². The second-order valence-corrected chi connectivity index (χ2v) is 6.04. The van der Waals surface area contributed by atoms with Crippen LogP contribution in [-0.4, -0.2) is 23.4 Å². The monoisotopic (exact) mass is 330 g/mol. The maximum atomic E-state index is 12.6. The van der Waals surface area contributed by atoms with Gasteiger partial charge in [0, 0.05) is 30.1 Å². The quantitative estimate of drug-likeness (QED) is 0.896. The number of rotatable bonds is 5. The van der Waals surface area contributed by atoms with Crippen LogP contribution < -0.4 is 5.73 Å². The van der Waals surface area contributed by atoms with Crippen LogP contribution in [0.2, 0.25) is 5.02 Å². The summed E-state index contributed by atoms with van der Waals surface area (Å²) in [4.78, 5) is 14.6. The minimum atomic E-state index is -0.127. The number of hydrogen-bond acceptors (Lipinski definition) is 2. The van der Waals surface area contributed by atoms with Crippen molar-refractivity contribution in [2.24, 2.45) is 11.7 Å². The number of carbonyl (C=O) groups excluding carboxylic acids is 1. The van der Waals surface area contributed by atoms with Crippen LogP contribution in [0.15, 0.2) is 24.3 Å². The van der Waals surface area contributed by atoms with E-state index in [0.717, 1.165) is 23.4 Å². The Labute approximate surface area is 138 Å². The summed E-state index contributed by atoms with van der Waals surface area (Å²) >= 11 is 6.23. The first kappa shape index (κ1) is 18.3. The van der Waals surface area contributed by atoms with E-state index in [1.165, 1.54) is 12.8 Å². The van der Waals surface area contributed by atoms with E-state index in [0.29, 0.717) is 19.1 Å². The van der Waals surface area contributed by atoms with E-state index in [1.54, 1.807) is 0 Å². The van der Waals surface area contributed by atoms with Gasteiger partial charge in [-0.3, -0.25) is 4.79 Å². The largest absolute Gasteiger partial charge is 0.335 e. The van der Waals surface area contributed by atoms with Crippen LogP contribution >= 0.6 is 24.0 Å². The highest BCUT2D eigenvalue weighted by atomic mass is 35.5. The van der Waals surface area contributed by atoms with Crippen molar-refractivity contribution in [3.63, 3.8) is 0 Å². The van der Waals surface area contributed by atoms with Gasteiger partial charge < -0.3 is 10.6 Å². The van der Waals surface area contributed by atoms with Crippen LogP contribution in [0.4, 0.5) is 0 Å². The molecule has 1 aromatic rings. The molecule has 1 aliphatic rings. The fourth-order valence-corrected chi connectivity index (χ4v) is 2.99. The average molecular weight is 331 g/mol. The first-order valence-corrected chi connectivity index (χ1v) is 7.75. The second kappa shape index (κ2) is 8.62. The Morgan fingerprint density at radius 2 is 2.00 bits per heavy atom. The fraction of sp³-hybridized carbons (Fsp3) is 0.562. The zero-order chi connectivity index (χ0) is 14.5. The Hall–Kier alpha value is -0.770. The number of benzene rings is 1. The van der Waals surface area contributed by atoms with Gasteiger partial charge >= 0.3 is 0 Å². The van der Waals surface area contributed by atoms with Crippen LogP contribution in [0, 0.1) is 5.92 Å². The van der Waals surface area contributed by atoms with E-state index in [1.807, 2.05) is 36.1 Å². The van der Waals surface area contributed by atoms with Gasteiger partial charge in [-0.2, -0.15) is 0 Å². The van der Waals surface area contributed by atoms with Crippen LogP contribution in [0.25, 0.3) is 0 Å². The van der Waals surface area contributed by atoms with Gasteiger partial charge in [-0.05, 0) is 24.5 Å². The summed E-state index contributed by atoms with van der Waals surface area (Å²) in [6, 6.07) is 8.08. The normalized spacial score (nSPS) is 16.3. The molecule has 0 radical (unpaired) electrons.